The third-order valence-electron chi connectivity index (χ3n) is 3.82. The Balaban J connectivity index is 1.94. The van der Waals surface area contributed by atoms with E-state index in [9.17, 15) is 17.6 Å². The number of hydrogen-bond acceptors (Lipinski definition) is 4. The number of hydrogen-bond donors (Lipinski definition) is 0. The van der Waals surface area contributed by atoms with Gasteiger partial charge in [-0.15, -0.1) is 0 Å². The van der Waals surface area contributed by atoms with E-state index in [1.807, 2.05) is 0 Å². The normalized spacial score (nSPS) is 17.4. The average molecular weight is 349 g/mol. The zero-order valence-corrected chi connectivity index (χ0v) is 14.0. The Morgan fingerprint density at radius 1 is 1.17 bits per heavy atom. The van der Waals surface area contributed by atoms with E-state index < -0.39 is 21.8 Å². The first-order valence-electron chi connectivity index (χ1n) is 7.32. The second-order valence-electron chi connectivity index (χ2n) is 5.71. The maximum Gasteiger partial charge on any atom is 0.268 e. The Hall–Kier alpha value is -2.41. The van der Waals surface area contributed by atoms with Crippen LogP contribution in [0.3, 0.4) is 0 Å². The van der Waals surface area contributed by atoms with Crippen LogP contribution in [-0.2, 0) is 21.2 Å². The van der Waals surface area contributed by atoms with E-state index in [2.05, 4.69) is 0 Å². The Bertz CT molecular complexity index is 893. The first kappa shape index (κ1) is 16.4. The summed E-state index contributed by atoms with van der Waals surface area (Å²) < 4.78 is 42.1. The second kappa shape index (κ2) is 5.90. The van der Waals surface area contributed by atoms with Crippen molar-refractivity contribution in [3.05, 3.63) is 53.8 Å². The van der Waals surface area contributed by atoms with Crippen LogP contribution in [0.15, 0.2) is 47.4 Å². The van der Waals surface area contributed by atoms with Crippen molar-refractivity contribution >= 4 is 21.4 Å². The number of benzene rings is 2. The number of nitrogens with zero attached hydrogens (tertiary/aromatic N) is 1. The largest absolute Gasteiger partial charge is 0.479 e. The molecular weight excluding hydrogens is 333 g/mol. The molecule has 0 aromatic heterocycles. The molecule has 0 bridgehead atoms. The summed E-state index contributed by atoms with van der Waals surface area (Å²) in [5, 5.41) is 0. The third kappa shape index (κ3) is 3.12. The van der Waals surface area contributed by atoms with Crippen molar-refractivity contribution < 1.29 is 22.3 Å². The van der Waals surface area contributed by atoms with E-state index in [0.29, 0.717) is 11.4 Å². The van der Waals surface area contributed by atoms with Gasteiger partial charge in [-0.2, -0.15) is 0 Å². The molecule has 1 aliphatic heterocycles. The lowest BCUT2D eigenvalue weighted by atomic mass is 10.1. The van der Waals surface area contributed by atoms with Crippen LogP contribution in [0.25, 0.3) is 0 Å². The molecule has 1 heterocycles. The lowest BCUT2D eigenvalue weighted by Gasteiger charge is -2.33. The maximum atomic E-state index is 13.6. The minimum absolute atomic E-state index is 0.201. The van der Waals surface area contributed by atoms with E-state index in [0.717, 1.165) is 11.8 Å². The highest BCUT2D eigenvalue weighted by Gasteiger charge is 2.31. The molecule has 0 aliphatic carbocycles. The number of amides is 1. The topological polar surface area (TPSA) is 63.7 Å². The van der Waals surface area contributed by atoms with Crippen molar-refractivity contribution in [1.29, 1.82) is 0 Å². The Kier molecular flexibility index (Phi) is 4.04. The van der Waals surface area contributed by atoms with Crippen molar-refractivity contribution in [2.45, 2.75) is 24.5 Å². The van der Waals surface area contributed by atoms with Crippen LogP contribution < -0.4 is 9.64 Å². The Morgan fingerprint density at radius 2 is 1.83 bits per heavy atom. The van der Waals surface area contributed by atoms with Gasteiger partial charge < -0.3 is 9.64 Å². The Labute approximate surface area is 139 Å². The highest BCUT2D eigenvalue weighted by molar-refractivity contribution is 7.90. The smallest absolute Gasteiger partial charge is 0.268 e. The third-order valence-corrected chi connectivity index (χ3v) is 4.95. The van der Waals surface area contributed by atoms with Gasteiger partial charge in [-0.1, -0.05) is 12.1 Å². The molecule has 0 spiro atoms. The summed E-state index contributed by atoms with van der Waals surface area (Å²) in [6.45, 7) is 1.83. The van der Waals surface area contributed by atoms with Gasteiger partial charge in [-0.3, -0.25) is 4.79 Å². The van der Waals surface area contributed by atoms with Gasteiger partial charge in [0.2, 0.25) is 0 Å². The zero-order valence-electron chi connectivity index (χ0n) is 13.2. The predicted octanol–water partition coefficient (Wildman–Crippen LogP) is 2.54. The Morgan fingerprint density at radius 3 is 2.46 bits per heavy atom. The highest BCUT2D eigenvalue weighted by Crippen LogP contribution is 2.35. The van der Waals surface area contributed by atoms with Gasteiger partial charge in [-0.25, -0.2) is 12.8 Å². The minimum atomic E-state index is -3.28. The fourth-order valence-electron chi connectivity index (χ4n) is 2.57. The molecule has 5 nitrogen and oxygen atoms in total. The molecule has 1 atom stereocenters. The van der Waals surface area contributed by atoms with E-state index in [1.165, 1.54) is 35.2 Å². The molecule has 2 aromatic carbocycles. The van der Waals surface area contributed by atoms with Crippen LogP contribution in [0.1, 0.15) is 12.5 Å². The molecule has 0 saturated heterocycles. The lowest BCUT2D eigenvalue weighted by Crippen LogP contribution is -2.44. The van der Waals surface area contributed by atoms with Gasteiger partial charge in [0.25, 0.3) is 5.91 Å². The fourth-order valence-corrected chi connectivity index (χ4v) is 3.20. The molecule has 24 heavy (non-hydrogen) atoms. The molecule has 0 radical (unpaired) electrons. The van der Waals surface area contributed by atoms with Crippen LogP contribution in [0.2, 0.25) is 0 Å². The van der Waals surface area contributed by atoms with Gasteiger partial charge in [0.1, 0.15) is 11.6 Å². The summed E-state index contributed by atoms with van der Waals surface area (Å²) in [5.74, 6) is -0.298. The SMILES string of the molecule is CC1Oc2ccc(F)cc2N(Cc2ccc(S(C)(=O)=O)cc2)C1=O. The summed E-state index contributed by atoms with van der Waals surface area (Å²) in [4.78, 5) is 14.1. The van der Waals surface area contributed by atoms with Crippen molar-refractivity contribution in [2.24, 2.45) is 0 Å². The number of sulfone groups is 1. The van der Waals surface area contributed by atoms with Crippen molar-refractivity contribution in [3.8, 4) is 5.75 Å². The first-order valence-corrected chi connectivity index (χ1v) is 9.21. The van der Waals surface area contributed by atoms with E-state index in [4.69, 9.17) is 4.74 Å². The van der Waals surface area contributed by atoms with Crippen LogP contribution in [0, 0.1) is 5.82 Å². The molecule has 7 heteroatoms. The summed E-state index contributed by atoms with van der Waals surface area (Å²) >= 11 is 0. The monoisotopic (exact) mass is 349 g/mol. The summed E-state index contributed by atoms with van der Waals surface area (Å²) in [6.07, 6.45) is 0.465. The molecule has 0 fully saturated rings. The minimum Gasteiger partial charge on any atom is -0.479 e. The van der Waals surface area contributed by atoms with Crippen molar-refractivity contribution in [1.82, 2.24) is 0 Å². The van der Waals surface area contributed by atoms with Gasteiger partial charge >= 0.3 is 0 Å². The summed E-state index contributed by atoms with van der Waals surface area (Å²) in [5.41, 5.74) is 1.10. The molecule has 3 rings (SSSR count). The molecule has 2 aromatic rings. The lowest BCUT2D eigenvalue weighted by molar-refractivity contribution is -0.125. The first-order chi connectivity index (χ1) is 11.3. The predicted molar refractivity (Wildman–Crippen MR) is 87.2 cm³/mol. The van der Waals surface area contributed by atoms with Gasteiger partial charge in [-0.05, 0) is 36.8 Å². The quantitative estimate of drug-likeness (QED) is 0.854. The zero-order chi connectivity index (χ0) is 17.5. The molecular formula is C17H16FNO4S. The van der Waals surface area contributed by atoms with Gasteiger partial charge in [0, 0.05) is 12.3 Å². The number of fused-ring (bicyclic) bond motifs is 1. The van der Waals surface area contributed by atoms with Crippen LogP contribution in [0.4, 0.5) is 10.1 Å². The average Bonchev–Trinajstić information content (AvgIpc) is 2.52. The molecule has 0 N–H and O–H groups in total. The molecule has 1 aliphatic rings. The van der Waals surface area contributed by atoms with Crippen molar-refractivity contribution in [3.63, 3.8) is 0 Å². The number of carbonyl (C=O) groups excluding carboxylic acids is 1. The fraction of sp³-hybridized carbons (Fsp3) is 0.235. The molecule has 126 valence electrons. The number of anilines is 1. The van der Waals surface area contributed by atoms with Crippen LogP contribution in [0.5, 0.6) is 5.75 Å². The second-order valence-corrected chi connectivity index (χ2v) is 7.73. The summed E-state index contributed by atoms with van der Waals surface area (Å²) in [6, 6.07) is 10.3. The van der Waals surface area contributed by atoms with Crippen LogP contribution >= 0.6 is 0 Å². The molecule has 1 amide bonds. The van der Waals surface area contributed by atoms with Gasteiger partial charge in [0.15, 0.2) is 15.9 Å². The summed E-state index contributed by atoms with van der Waals surface area (Å²) in [7, 11) is -3.28. The van der Waals surface area contributed by atoms with E-state index in [1.54, 1.807) is 19.1 Å². The number of ether oxygens (including phenoxy) is 1. The number of carbonyl (C=O) groups is 1. The van der Waals surface area contributed by atoms with Crippen molar-refractivity contribution in [2.75, 3.05) is 11.2 Å². The number of rotatable bonds is 3. The molecule has 1 unspecified atom stereocenters. The number of halogens is 1. The maximum absolute atomic E-state index is 13.6. The van der Waals surface area contributed by atoms with Crippen LogP contribution in [-0.4, -0.2) is 26.7 Å². The molecule has 0 saturated carbocycles. The van der Waals surface area contributed by atoms with E-state index >= 15 is 0 Å². The highest BCUT2D eigenvalue weighted by atomic mass is 32.2. The van der Waals surface area contributed by atoms with E-state index in [-0.39, 0.29) is 17.3 Å². The standard InChI is InChI=1S/C17H16FNO4S/c1-11-17(20)19(15-9-13(18)5-8-16(15)23-11)10-12-3-6-14(7-4-12)24(2,21)22/h3-9,11H,10H2,1-2H3. The van der Waals surface area contributed by atoms with Gasteiger partial charge in [0.05, 0.1) is 17.1 Å².